The van der Waals surface area contributed by atoms with Gasteiger partial charge in [0.05, 0.1) is 5.69 Å². The van der Waals surface area contributed by atoms with Crippen LogP contribution in [0.3, 0.4) is 0 Å². The van der Waals surface area contributed by atoms with Crippen molar-refractivity contribution in [2.24, 2.45) is 5.92 Å². The minimum atomic E-state index is -4.37. The van der Waals surface area contributed by atoms with E-state index in [0.717, 1.165) is 23.1 Å². The Morgan fingerprint density at radius 3 is 2.83 bits per heavy atom. The van der Waals surface area contributed by atoms with E-state index in [1.807, 2.05) is 6.92 Å². The van der Waals surface area contributed by atoms with Gasteiger partial charge in [0.2, 0.25) is 0 Å². The maximum atomic E-state index is 13.7. The van der Waals surface area contributed by atoms with Gasteiger partial charge in [-0.2, -0.15) is 18.3 Å². The molecular weight excluding hydrogens is 383 g/mol. The molecule has 2 aromatic rings. The number of carbonyl (C=O) groups is 1. The van der Waals surface area contributed by atoms with Gasteiger partial charge >= 0.3 is 6.18 Å². The Bertz CT molecular complexity index is 910. The Hall–Kier alpha value is -2.58. The average Bonchev–Trinajstić information content (AvgIpc) is 3.06. The van der Waals surface area contributed by atoms with Crippen LogP contribution in [-0.4, -0.2) is 50.9 Å². The van der Waals surface area contributed by atoms with Gasteiger partial charge in [-0.15, -0.1) is 0 Å². The molecule has 2 aliphatic heterocycles. The van der Waals surface area contributed by atoms with Crippen molar-refractivity contribution in [1.29, 1.82) is 0 Å². The number of nitrogens with zero attached hydrogens (tertiary/aromatic N) is 4. The summed E-state index contributed by atoms with van der Waals surface area (Å²) in [6.07, 6.45) is 0.336. The monoisotopic (exact) mass is 407 g/mol. The molecule has 0 radical (unpaired) electrons. The van der Waals surface area contributed by atoms with Crippen molar-refractivity contribution in [3.63, 3.8) is 0 Å². The summed E-state index contributed by atoms with van der Waals surface area (Å²) in [6, 6.07) is 1.34. The van der Waals surface area contributed by atoms with Crippen LogP contribution >= 0.6 is 0 Å². The number of aromatic nitrogens is 3. The lowest BCUT2D eigenvalue weighted by molar-refractivity contribution is -0.174. The van der Waals surface area contributed by atoms with Crippen LogP contribution in [0.2, 0.25) is 0 Å². The molecule has 1 saturated heterocycles. The number of aryl methyl sites for hydroxylation is 2. The fraction of sp³-hybridized carbons (Fsp3) is 0.550. The molecule has 2 aliphatic rings. The van der Waals surface area contributed by atoms with Gasteiger partial charge in [-0.3, -0.25) is 9.78 Å². The minimum Gasteiger partial charge on any atom is -0.367 e. The molecule has 0 aliphatic carbocycles. The molecule has 156 valence electrons. The van der Waals surface area contributed by atoms with Gasteiger partial charge in [0.15, 0.2) is 6.04 Å². The minimum absolute atomic E-state index is 0.0522. The number of anilines is 1. The first-order valence-electron chi connectivity index (χ1n) is 9.83. The Kier molecular flexibility index (Phi) is 5.00. The first-order valence-corrected chi connectivity index (χ1v) is 9.83. The van der Waals surface area contributed by atoms with Gasteiger partial charge < -0.3 is 10.2 Å². The number of pyridine rings is 1. The Morgan fingerprint density at radius 2 is 2.10 bits per heavy atom. The number of piperidine rings is 1. The zero-order chi connectivity index (χ0) is 20.8. The second-order valence-electron chi connectivity index (χ2n) is 8.00. The van der Waals surface area contributed by atoms with Crippen LogP contribution < -0.4 is 5.32 Å². The van der Waals surface area contributed by atoms with Gasteiger partial charge in [0.1, 0.15) is 5.82 Å². The number of rotatable bonds is 2. The van der Waals surface area contributed by atoms with Gasteiger partial charge in [-0.25, -0.2) is 4.68 Å². The number of amides is 1. The SMILES string of the molecule is Cc1cc2n(n1)[C@@H](C(F)(F)F)C[C@@H](C1CCCN(C(=O)c3ccncc3C)C1)N2. The highest BCUT2D eigenvalue weighted by Crippen LogP contribution is 2.42. The molecule has 6 nitrogen and oxygen atoms in total. The van der Waals surface area contributed by atoms with Crippen molar-refractivity contribution in [2.45, 2.75) is 51.4 Å². The molecule has 2 aromatic heterocycles. The van der Waals surface area contributed by atoms with E-state index in [2.05, 4.69) is 15.4 Å². The third kappa shape index (κ3) is 3.82. The molecule has 1 N–H and O–H groups in total. The van der Waals surface area contributed by atoms with Gasteiger partial charge in [0, 0.05) is 43.2 Å². The molecule has 1 unspecified atom stereocenters. The van der Waals surface area contributed by atoms with E-state index >= 15 is 0 Å². The number of hydrogen-bond donors (Lipinski definition) is 1. The summed E-state index contributed by atoms with van der Waals surface area (Å²) in [5.41, 5.74) is 1.95. The Labute approximate surface area is 167 Å². The van der Waals surface area contributed by atoms with E-state index in [4.69, 9.17) is 0 Å². The van der Waals surface area contributed by atoms with Gasteiger partial charge in [-0.1, -0.05) is 0 Å². The van der Waals surface area contributed by atoms with Crippen LogP contribution in [0, 0.1) is 19.8 Å². The molecular formula is C20H24F3N5O. The highest BCUT2D eigenvalue weighted by atomic mass is 19.4. The fourth-order valence-electron chi connectivity index (χ4n) is 4.44. The number of nitrogens with one attached hydrogen (secondary N) is 1. The van der Waals surface area contributed by atoms with Crippen molar-refractivity contribution in [3.05, 3.63) is 41.3 Å². The third-order valence-electron chi connectivity index (χ3n) is 5.91. The second-order valence-corrected chi connectivity index (χ2v) is 8.00. The van der Waals surface area contributed by atoms with Gasteiger partial charge in [0.25, 0.3) is 5.91 Å². The molecule has 0 aromatic carbocycles. The number of halogens is 3. The maximum absolute atomic E-state index is 13.7. The third-order valence-corrected chi connectivity index (χ3v) is 5.91. The summed E-state index contributed by atoms with van der Waals surface area (Å²) >= 11 is 0. The molecule has 3 atom stereocenters. The van der Waals surface area contributed by atoms with Crippen LogP contribution in [0.5, 0.6) is 0 Å². The Morgan fingerprint density at radius 1 is 1.31 bits per heavy atom. The molecule has 0 spiro atoms. The van der Waals surface area contributed by atoms with E-state index < -0.39 is 12.2 Å². The number of likely N-dealkylation sites (tertiary alicyclic amines) is 1. The van der Waals surface area contributed by atoms with Crippen molar-refractivity contribution in [3.8, 4) is 0 Å². The van der Waals surface area contributed by atoms with E-state index in [1.165, 1.54) is 0 Å². The normalized spacial score (nSPS) is 24.7. The number of carbonyl (C=O) groups excluding carboxylic acids is 1. The predicted octanol–water partition coefficient (Wildman–Crippen LogP) is 3.73. The van der Waals surface area contributed by atoms with Crippen LogP contribution in [0.4, 0.5) is 19.0 Å². The molecule has 0 bridgehead atoms. The van der Waals surface area contributed by atoms with Crippen LogP contribution in [0.1, 0.15) is 46.9 Å². The summed E-state index contributed by atoms with van der Waals surface area (Å²) in [5, 5.41) is 7.29. The zero-order valence-corrected chi connectivity index (χ0v) is 16.4. The van der Waals surface area contributed by atoms with E-state index in [9.17, 15) is 18.0 Å². The first-order chi connectivity index (χ1) is 13.7. The Balaban J connectivity index is 1.54. The van der Waals surface area contributed by atoms with Crippen LogP contribution in [0.25, 0.3) is 0 Å². The van der Waals surface area contributed by atoms with Crippen LogP contribution in [0.15, 0.2) is 24.5 Å². The number of fused-ring (bicyclic) bond motifs is 1. The number of alkyl halides is 3. The van der Waals surface area contributed by atoms with Crippen molar-refractivity contribution < 1.29 is 18.0 Å². The highest BCUT2D eigenvalue weighted by molar-refractivity contribution is 5.95. The molecule has 1 amide bonds. The second kappa shape index (κ2) is 7.35. The molecule has 29 heavy (non-hydrogen) atoms. The lowest BCUT2D eigenvalue weighted by Gasteiger charge is -2.41. The molecule has 4 heterocycles. The van der Waals surface area contributed by atoms with Crippen LogP contribution in [-0.2, 0) is 0 Å². The van der Waals surface area contributed by atoms with Gasteiger partial charge in [-0.05, 0) is 50.7 Å². The number of hydrogen-bond acceptors (Lipinski definition) is 4. The standard InChI is InChI=1S/C20H24F3N5O/c1-12-10-24-6-5-15(12)19(29)27-7-3-4-14(11-27)16-9-17(20(21,22)23)28-18(25-16)8-13(2)26-28/h5-6,8,10,14,16-17,25H,3-4,7,9,11H2,1-2H3/t14?,16-,17+/m0/s1. The summed E-state index contributed by atoms with van der Waals surface area (Å²) in [6.45, 7) is 4.58. The predicted molar refractivity (Wildman–Crippen MR) is 102 cm³/mol. The summed E-state index contributed by atoms with van der Waals surface area (Å²) < 4.78 is 42.1. The van der Waals surface area contributed by atoms with Crippen molar-refractivity contribution in [1.82, 2.24) is 19.7 Å². The highest BCUT2D eigenvalue weighted by Gasteiger charge is 2.48. The van der Waals surface area contributed by atoms with Crippen molar-refractivity contribution >= 4 is 11.7 Å². The maximum Gasteiger partial charge on any atom is 0.410 e. The zero-order valence-electron chi connectivity index (χ0n) is 16.4. The fourth-order valence-corrected chi connectivity index (χ4v) is 4.44. The topological polar surface area (TPSA) is 63.1 Å². The molecule has 1 fully saturated rings. The summed E-state index contributed by atoms with van der Waals surface area (Å²) in [7, 11) is 0. The molecule has 4 rings (SSSR count). The molecule has 9 heteroatoms. The average molecular weight is 407 g/mol. The first kappa shape index (κ1) is 19.7. The van der Waals surface area contributed by atoms with E-state index in [1.54, 1.807) is 36.4 Å². The lowest BCUT2D eigenvalue weighted by atomic mass is 9.85. The summed E-state index contributed by atoms with van der Waals surface area (Å²) in [5.74, 6) is 0.261. The molecule has 0 saturated carbocycles. The smallest absolute Gasteiger partial charge is 0.367 e. The van der Waals surface area contributed by atoms with E-state index in [0.29, 0.717) is 30.2 Å². The van der Waals surface area contributed by atoms with E-state index in [-0.39, 0.29) is 24.3 Å². The quantitative estimate of drug-likeness (QED) is 0.824. The largest absolute Gasteiger partial charge is 0.410 e. The van der Waals surface area contributed by atoms with Crippen molar-refractivity contribution in [2.75, 3.05) is 18.4 Å². The summed E-state index contributed by atoms with van der Waals surface area (Å²) in [4.78, 5) is 18.7. The lowest BCUT2D eigenvalue weighted by Crippen LogP contribution is -2.49.